The summed E-state index contributed by atoms with van der Waals surface area (Å²) in [5, 5.41) is 11.6. The zero-order valence-corrected chi connectivity index (χ0v) is 14.3. The Labute approximate surface area is 130 Å². The van der Waals surface area contributed by atoms with Crippen LogP contribution in [-0.4, -0.2) is 19.8 Å². The molecule has 3 nitrogen and oxygen atoms in total. The Morgan fingerprint density at radius 2 is 1.57 bits per heavy atom. The van der Waals surface area contributed by atoms with Crippen LogP contribution < -0.4 is 5.11 Å². The molecule has 0 saturated carbocycles. The molecule has 0 saturated heterocycles. The lowest BCUT2D eigenvalue weighted by Crippen LogP contribution is -2.19. The van der Waals surface area contributed by atoms with Crippen molar-refractivity contribution in [3.63, 3.8) is 0 Å². The Balaban J connectivity index is 3.26. The number of rotatable bonds is 7. The highest BCUT2D eigenvalue weighted by Crippen LogP contribution is 2.69. The lowest BCUT2D eigenvalue weighted by atomic mass is 10.1. The van der Waals surface area contributed by atoms with Gasteiger partial charge in [0.05, 0.1) is 12.2 Å². The van der Waals surface area contributed by atoms with Crippen LogP contribution in [0.5, 0.6) is 0 Å². The third kappa shape index (κ3) is 5.82. The third-order valence-electron chi connectivity index (χ3n) is 2.67. The van der Waals surface area contributed by atoms with E-state index in [-0.39, 0.29) is 23.6 Å². The SMILES string of the molecule is [B][P+](OC(C)C)(OC(C)C)C(/C=C(\C)[O-])c1ccccc1. The van der Waals surface area contributed by atoms with Crippen molar-refractivity contribution in [1.82, 2.24) is 0 Å². The van der Waals surface area contributed by atoms with Crippen LogP contribution in [0.25, 0.3) is 0 Å². The van der Waals surface area contributed by atoms with Crippen molar-refractivity contribution in [3.05, 3.63) is 47.7 Å². The molecule has 1 aromatic rings. The quantitative estimate of drug-likeness (QED) is 0.437. The summed E-state index contributed by atoms with van der Waals surface area (Å²) in [6.45, 7) is 9.19. The van der Waals surface area contributed by atoms with Gasteiger partial charge in [0.15, 0.2) is 0 Å². The molecule has 21 heavy (non-hydrogen) atoms. The largest absolute Gasteiger partial charge is 0.876 e. The predicted molar refractivity (Wildman–Crippen MR) is 88.1 cm³/mol. The highest BCUT2D eigenvalue weighted by atomic mass is 31.2. The predicted octanol–water partition coefficient (Wildman–Crippen LogP) is 3.77. The minimum Gasteiger partial charge on any atom is -0.876 e. The van der Waals surface area contributed by atoms with Crippen LogP contribution in [0.4, 0.5) is 0 Å². The molecule has 1 unspecified atom stereocenters. The first kappa shape index (κ1) is 18.2. The molecule has 5 heteroatoms. The summed E-state index contributed by atoms with van der Waals surface area (Å²) in [6, 6.07) is 9.66. The first-order chi connectivity index (χ1) is 9.74. The molecule has 1 atom stereocenters. The average molecular weight is 306 g/mol. The maximum absolute atomic E-state index is 11.6. The molecule has 0 bridgehead atoms. The molecular formula is C16H24BO3P. The molecule has 0 aliphatic carbocycles. The van der Waals surface area contributed by atoms with Gasteiger partial charge in [-0.25, -0.2) is 9.05 Å². The molecule has 0 amide bonds. The van der Waals surface area contributed by atoms with E-state index in [1.807, 2.05) is 58.0 Å². The van der Waals surface area contributed by atoms with E-state index in [9.17, 15) is 5.11 Å². The van der Waals surface area contributed by atoms with Crippen LogP contribution in [0.1, 0.15) is 45.8 Å². The van der Waals surface area contributed by atoms with Gasteiger partial charge in [-0.15, -0.1) is 5.76 Å². The summed E-state index contributed by atoms with van der Waals surface area (Å²) in [4.78, 5) is 0. The fourth-order valence-electron chi connectivity index (χ4n) is 2.10. The van der Waals surface area contributed by atoms with E-state index in [4.69, 9.17) is 16.6 Å². The fourth-order valence-corrected chi connectivity index (χ4v) is 4.73. The van der Waals surface area contributed by atoms with E-state index in [2.05, 4.69) is 0 Å². The maximum Gasteiger partial charge on any atom is 0.445 e. The molecule has 0 N–H and O–H groups in total. The number of allylic oxidation sites excluding steroid dienone is 2. The second-order valence-electron chi connectivity index (χ2n) is 5.59. The minimum absolute atomic E-state index is 0.0432. The van der Waals surface area contributed by atoms with Gasteiger partial charge in [0.25, 0.3) is 0 Å². The van der Waals surface area contributed by atoms with Crippen LogP contribution >= 0.6 is 7.59 Å². The van der Waals surface area contributed by atoms with Crippen molar-refractivity contribution in [3.8, 4) is 0 Å². The van der Waals surface area contributed by atoms with Crippen LogP contribution in [0.15, 0.2) is 42.2 Å². The molecule has 0 spiro atoms. The first-order valence-corrected chi connectivity index (χ1v) is 8.95. The van der Waals surface area contributed by atoms with Crippen molar-refractivity contribution >= 4 is 15.2 Å². The van der Waals surface area contributed by atoms with Gasteiger partial charge >= 0.3 is 7.57 Å². The van der Waals surface area contributed by atoms with Crippen LogP contribution in [0, 0.1) is 0 Å². The van der Waals surface area contributed by atoms with E-state index in [0.717, 1.165) is 5.56 Å². The normalized spacial score (nSPS) is 14.7. The Bertz CT molecular complexity index is 446. The topological polar surface area (TPSA) is 41.5 Å². The van der Waals surface area contributed by atoms with Crippen molar-refractivity contribution in [2.75, 3.05) is 0 Å². The van der Waals surface area contributed by atoms with Gasteiger partial charge < -0.3 is 5.11 Å². The Hall–Kier alpha value is -0.825. The van der Waals surface area contributed by atoms with Gasteiger partial charge in [-0.05, 0) is 39.3 Å². The Morgan fingerprint density at radius 3 is 1.95 bits per heavy atom. The summed E-state index contributed by atoms with van der Waals surface area (Å²) < 4.78 is 11.9. The van der Waals surface area contributed by atoms with Crippen LogP contribution in [-0.2, 0) is 9.05 Å². The molecule has 0 fully saturated rings. The van der Waals surface area contributed by atoms with Crippen molar-refractivity contribution < 1.29 is 14.2 Å². The molecule has 0 aromatic heterocycles. The number of hydrogen-bond donors (Lipinski definition) is 0. The van der Waals surface area contributed by atoms with Gasteiger partial charge in [0.2, 0.25) is 7.59 Å². The standard InChI is InChI=1S/C16H25BO3P/c1-12(2)19-21(17,20-13(3)4)16(11-14(5)18)15-9-7-6-8-10-15/h6-13,16,18H,1-5H3/q+1/p-1/b14-11+. The highest BCUT2D eigenvalue weighted by Gasteiger charge is 2.47. The van der Waals surface area contributed by atoms with E-state index < -0.39 is 7.59 Å². The smallest absolute Gasteiger partial charge is 0.445 e. The van der Waals surface area contributed by atoms with Crippen LogP contribution in [0.2, 0.25) is 0 Å². The molecule has 1 aromatic carbocycles. The van der Waals surface area contributed by atoms with E-state index >= 15 is 0 Å². The summed E-state index contributed by atoms with van der Waals surface area (Å²) in [7, 11) is 3.76. The molecule has 1 rings (SSSR count). The monoisotopic (exact) mass is 306 g/mol. The lowest BCUT2D eigenvalue weighted by Gasteiger charge is -2.31. The molecule has 0 aliphatic rings. The Morgan fingerprint density at radius 1 is 1.10 bits per heavy atom. The zero-order valence-electron chi connectivity index (χ0n) is 13.4. The average Bonchev–Trinajstić information content (AvgIpc) is 2.34. The number of benzene rings is 1. The van der Waals surface area contributed by atoms with Crippen molar-refractivity contribution in [1.29, 1.82) is 0 Å². The van der Waals surface area contributed by atoms with E-state index in [0.29, 0.717) is 0 Å². The minimum atomic E-state index is -2.74. The molecule has 0 aliphatic heterocycles. The molecule has 2 radical (unpaired) electrons. The van der Waals surface area contributed by atoms with Crippen molar-refractivity contribution in [2.45, 2.75) is 52.5 Å². The summed E-state index contributed by atoms with van der Waals surface area (Å²) in [5.41, 5.74) is 0.575. The van der Waals surface area contributed by atoms with Gasteiger partial charge in [0.1, 0.15) is 5.66 Å². The third-order valence-corrected chi connectivity index (χ3v) is 5.40. The van der Waals surface area contributed by atoms with Gasteiger partial charge in [-0.1, -0.05) is 37.3 Å². The van der Waals surface area contributed by atoms with Crippen LogP contribution in [0.3, 0.4) is 0 Å². The summed E-state index contributed by atoms with van der Waals surface area (Å²) in [5.74, 6) is -0.0432. The number of hydrogen-bond acceptors (Lipinski definition) is 3. The molecular weight excluding hydrogens is 282 g/mol. The van der Waals surface area contributed by atoms with Crippen molar-refractivity contribution in [2.24, 2.45) is 0 Å². The first-order valence-electron chi connectivity index (χ1n) is 7.19. The maximum atomic E-state index is 11.6. The van der Waals surface area contributed by atoms with Gasteiger partial charge in [-0.2, -0.15) is 0 Å². The second-order valence-corrected chi connectivity index (χ2v) is 7.85. The summed E-state index contributed by atoms with van der Waals surface area (Å²) in [6.07, 6.45) is 1.45. The highest BCUT2D eigenvalue weighted by molar-refractivity contribution is 7.90. The van der Waals surface area contributed by atoms with Gasteiger partial charge in [0, 0.05) is 0 Å². The Kier molecular flexibility index (Phi) is 6.92. The second kappa shape index (κ2) is 7.98. The van der Waals surface area contributed by atoms with E-state index in [1.165, 1.54) is 6.92 Å². The molecule has 0 heterocycles. The summed E-state index contributed by atoms with van der Waals surface area (Å²) >= 11 is 0. The lowest BCUT2D eigenvalue weighted by molar-refractivity contribution is -0.302. The van der Waals surface area contributed by atoms with E-state index in [1.54, 1.807) is 6.08 Å². The fraction of sp³-hybridized carbons (Fsp3) is 0.500. The zero-order chi connectivity index (χ0) is 16.0. The molecule has 114 valence electrons. The van der Waals surface area contributed by atoms with Gasteiger partial charge in [-0.3, -0.25) is 0 Å².